The van der Waals surface area contributed by atoms with E-state index in [1.807, 2.05) is 68.4 Å². The molecule has 30 heavy (non-hydrogen) atoms. The van der Waals surface area contributed by atoms with Crippen LogP contribution in [-0.2, 0) is 6.18 Å². The van der Waals surface area contributed by atoms with E-state index >= 15 is 0 Å². The lowest BCUT2D eigenvalue weighted by Gasteiger charge is -2.08. The standard InChI is InChI=1S/C26H20F3O/c1-17-8-13-23(18(2)14-17)25-16-21(15-24(30-25)20-6-4-3-5-7-20)19-9-11-22(12-10-19)26(27,28)29/h3-16H,1-2H3/q+1. The molecule has 0 unspecified atom stereocenters. The van der Waals surface area contributed by atoms with Gasteiger partial charge in [-0.05, 0) is 55.3 Å². The molecule has 1 aromatic heterocycles. The van der Waals surface area contributed by atoms with E-state index in [1.165, 1.54) is 12.1 Å². The first-order chi connectivity index (χ1) is 14.3. The van der Waals surface area contributed by atoms with E-state index in [0.717, 1.165) is 39.9 Å². The molecule has 4 aromatic rings. The van der Waals surface area contributed by atoms with Crippen molar-refractivity contribution in [3.05, 3.63) is 102 Å². The number of halogens is 3. The molecule has 0 aliphatic rings. The normalized spacial score (nSPS) is 11.5. The van der Waals surface area contributed by atoms with Gasteiger partial charge in [0.05, 0.1) is 28.8 Å². The predicted octanol–water partition coefficient (Wildman–Crippen LogP) is 8.20. The Morgan fingerprint density at radius 3 is 1.93 bits per heavy atom. The summed E-state index contributed by atoms with van der Waals surface area (Å²) in [5, 5.41) is 0. The Morgan fingerprint density at radius 2 is 1.30 bits per heavy atom. The number of hydrogen-bond donors (Lipinski definition) is 0. The van der Waals surface area contributed by atoms with Gasteiger partial charge in [-0.25, -0.2) is 4.42 Å². The maximum atomic E-state index is 13.0. The fourth-order valence-electron chi connectivity index (χ4n) is 3.49. The van der Waals surface area contributed by atoms with Crippen molar-refractivity contribution in [2.24, 2.45) is 0 Å². The molecule has 1 nitrogen and oxygen atoms in total. The molecule has 0 atom stereocenters. The lowest BCUT2D eigenvalue weighted by Crippen LogP contribution is -2.04. The van der Waals surface area contributed by atoms with Crippen molar-refractivity contribution in [2.45, 2.75) is 20.0 Å². The maximum Gasteiger partial charge on any atom is 0.416 e. The largest absolute Gasteiger partial charge is 0.416 e. The molecule has 0 saturated heterocycles. The molecule has 0 fully saturated rings. The molecule has 0 saturated carbocycles. The molecular weight excluding hydrogens is 385 g/mol. The predicted molar refractivity (Wildman–Crippen MR) is 114 cm³/mol. The Kier molecular flexibility index (Phi) is 5.17. The first-order valence-electron chi connectivity index (χ1n) is 9.60. The van der Waals surface area contributed by atoms with Crippen molar-refractivity contribution in [3.63, 3.8) is 0 Å². The van der Waals surface area contributed by atoms with Crippen LogP contribution in [-0.4, -0.2) is 0 Å². The molecule has 1 heterocycles. The number of alkyl halides is 3. The van der Waals surface area contributed by atoms with Crippen LogP contribution in [0.5, 0.6) is 0 Å². The monoisotopic (exact) mass is 405 g/mol. The van der Waals surface area contributed by atoms with Crippen LogP contribution in [0.2, 0.25) is 0 Å². The van der Waals surface area contributed by atoms with E-state index in [1.54, 1.807) is 0 Å². The van der Waals surface area contributed by atoms with Crippen molar-refractivity contribution in [1.82, 2.24) is 0 Å². The Balaban J connectivity index is 1.88. The van der Waals surface area contributed by atoms with E-state index in [4.69, 9.17) is 4.42 Å². The highest BCUT2D eigenvalue weighted by atomic mass is 19.4. The summed E-state index contributed by atoms with van der Waals surface area (Å²) in [6, 6.07) is 24.7. The van der Waals surface area contributed by atoms with Gasteiger partial charge in [0.25, 0.3) is 0 Å². The summed E-state index contributed by atoms with van der Waals surface area (Å²) in [6.45, 7) is 4.05. The molecule has 0 radical (unpaired) electrons. The van der Waals surface area contributed by atoms with Gasteiger partial charge in [-0.2, -0.15) is 13.2 Å². The summed E-state index contributed by atoms with van der Waals surface area (Å²) < 4.78 is 45.1. The van der Waals surface area contributed by atoms with Crippen LogP contribution in [0.25, 0.3) is 33.8 Å². The average molecular weight is 405 g/mol. The minimum Gasteiger partial charge on any atom is -0.207 e. The lowest BCUT2D eigenvalue weighted by atomic mass is 9.98. The zero-order chi connectivity index (χ0) is 21.3. The van der Waals surface area contributed by atoms with Gasteiger partial charge in [0, 0.05) is 5.56 Å². The van der Waals surface area contributed by atoms with Crippen LogP contribution in [0.3, 0.4) is 0 Å². The van der Waals surface area contributed by atoms with Gasteiger partial charge in [0.2, 0.25) is 0 Å². The van der Waals surface area contributed by atoms with Crippen LogP contribution in [0.15, 0.2) is 89.3 Å². The molecule has 0 spiro atoms. The minimum atomic E-state index is -4.36. The van der Waals surface area contributed by atoms with Crippen LogP contribution < -0.4 is 0 Å². The number of rotatable bonds is 3. The van der Waals surface area contributed by atoms with Crippen LogP contribution in [0.4, 0.5) is 13.2 Å². The summed E-state index contributed by atoms with van der Waals surface area (Å²) >= 11 is 0. The third kappa shape index (κ3) is 4.13. The molecule has 3 aromatic carbocycles. The second-order valence-corrected chi connectivity index (χ2v) is 7.33. The molecule has 0 N–H and O–H groups in total. The topological polar surface area (TPSA) is 11.3 Å². The van der Waals surface area contributed by atoms with Gasteiger partial charge in [-0.3, -0.25) is 0 Å². The SMILES string of the molecule is Cc1ccc(-c2cc(-c3ccc(C(F)(F)F)cc3)cc(-c3ccccc3)[o+]2)c(C)c1. The molecule has 0 amide bonds. The Morgan fingerprint density at radius 1 is 0.633 bits per heavy atom. The van der Waals surface area contributed by atoms with Crippen LogP contribution >= 0.6 is 0 Å². The van der Waals surface area contributed by atoms with Gasteiger partial charge in [0.15, 0.2) is 0 Å². The maximum absolute atomic E-state index is 13.0. The summed E-state index contributed by atoms with van der Waals surface area (Å²) in [4.78, 5) is 0. The molecule has 0 aliphatic heterocycles. The third-order valence-corrected chi connectivity index (χ3v) is 5.04. The van der Waals surface area contributed by atoms with Crippen LogP contribution in [0, 0.1) is 13.8 Å². The second-order valence-electron chi connectivity index (χ2n) is 7.33. The summed E-state index contributed by atoms with van der Waals surface area (Å²) in [5.41, 5.74) is 4.90. The Hall–Kier alpha value is -3.40. The molecule has 0 aliphatic carbocycles. The van der Waals surface area contributed by atoms with Crippen molar-refractivity contribution >= 4 is 0 Å². The van der Waals surface area contributed by atoms with Gasteiger partial charge in [-0.1, -0.05) is 48.0 Å². The first-order valence-corrected chi connectivity index (χ1v) is 9.60. The average Bonchev–Trinajstić information content (AvgIpc) is 2.73. The molecule has 0 bridgehead atoms. The smallest absolute Gasteiger partial charge is 0.207 e. The molecule has 4 rings (SSSR count). The quantitative estimate of drug-likeness (QED) is 0.313. The minimum absolute atomic E-state index is 0.656. The van der Waals surface area contributed by atoms with Crippen molar-refractivity contribution in [3.8, 4) is 33.8 Å². The molecule has 150 valence electrons. The highest BCUT2D eigenvalue weighted by molar-refractivity contribution is 5.75. The first kappa shape index (κ1) is 19.9. The van der Waals surface area contributed by atoms with E-state index in [0.29, 0.717) is 17.1 Å². The molecule has 4 heteroatoms. The van der Waals surface area contributed by atoms with E-state index in [2.05, 4.69) is 6.07 Å². The van der Waals surface area contributed by atoms with Crippen LogP contribution in [0.1, 0.15) is 16.7 Å². The van der Waals surface area contributed by atoms with Gasteiger partial charge in [-0.15, -0.1) is 0 Å². The second kappa shape index (κ2) is 7.79. The highest BCUT2D eigenvalue weighted by Crippen LogP contribution is 2.36. The van der Waals surface area contributed by atoms with E-state index in [-0.39, 0.29) is 0 Å². The van der Waals surface area contributed by atoms with Crippen molar-refractivity contribution in [2.75, 3.05) is 0 Å². The third-order valence-electron chi connectivity index (χ3n) is 5.04. The van der Waals surface area contributed by atoms with Crippen molar-refractivity contribution in [1.29, 1.82) is 0 Å². The fraction of sp³-hybridized carbons (Fsp3) is 0.115. The van der Waals surface area contributed by atoms with E-state index in [9.17, 15) is 13.2 Å². The summed E-state index contributed by atoms with van der Waals surface area (Å²) in [5.74, 6) is 1.33. The number of aryl methyl sites for hydroxylation is 2. The van der Waals surface area contributed by atoms with Gasteiger partial charge in [0.1, 0.15) is 0 Å². The van der Waals surface area contributed by atoms with Gasteiger partial charge < -0.3 is 0 Å². The lowest BCUT2D eigenvalue weighted by molar-refractivity contribution is -0.137. The summed E-state index contributed by atoms with van der Waals surface area (Å²) in [7, 11) is 0. The zero-order valence-corrected chi connectivity index (χ0v) is 16.6. The summed E-state index contributed by atoms with van der Waals surface area (Å²) in [6.07, 6.45) is -4.36. The molecular formula is C26H20F3O+. The van der Waals surface area contributed by atoms with E-state index < -0.39 is 11.7 Å². The Labute approximate surface area is 173 Å². The fourth-order valence-corrected chi connectivity index (χ4v) is 3.49. The van der Waals surface area contributed by atoms with Gasteiger partial charge >= 0.3 is 17.7 Å². The zero-order valence-electron chi connectivity index (χ0n) is 16.6. The Bertz CT molecular complexity index is 1180. The number of benzene rings is 3. The number of hydrogen-bond acceptors (Lipinski definition) is 0. The van der Waals surface area contributed by atoms with Crippen molar-refractivity contribution < 1.29 is 17.6 Å². The highest BCUT2D eigenvalue weighted by Gasteiger charge is 2.30.